The predicted octanol–water partition coefficient (Wildman–Crippen LogP) is 6.29. The number of aromatic nitrogens is 3. The second-order valence-electron chi connectivity index (χ2n) is 13.2. The summed E-state index contributed by atoms with van der Waals surface area (Å²) in [7, 11) is 0. The van der Waals surface area contributed by atoms with Crippen LogP contribution in [0.4, 0.5) is 11.6 Å². The molecule has 5 rings (SSSR count). The van der Waals surface area contributed by atoms with Gasteiger partial charge in [0.25, 0.3) is 0 Å². The number of carboxylic acids is 1. The van der Waals surface area contributed by atoms with Crippen LogP contribution in [0.1, 0.15) is 81.6 Å². The third-order valence-electron chi connectivity index (χ3n) is 8.31. The number of hydrogen-bond acceptors (Lipinski definition) is 7. The van der Waals surface area contributed by atoms with Crippen molar-refractivity contribution in [3.8, 4) is 11.1 Å². The molecule has 1 atom stereocenters. The molecule has 0 spiro atoms. The molecule has 4 heterocycles. The van der Waals surface area contributed by atoms with Crippen LogP contribution in [0.2, 0.25) is 0 Å². The van der Waals surface area contributed by atoms with Crippen LogP contribution >= 0.6 is 0 Å². The highest BCUT2D eigenvalue weighted by Gasteiger charge is 2.36. The highest BCUT2D eigenvalue weighted by molar-refractivity contribution is 5.88. The summed E-state index contributed by atoms with van der Waals surface area (Å²) in [5, 5.41) is 10.4. The number of ether oxygens (including phenoxy) is 1. The van der Waals surface area contributed by atoms with Crippen LogP contribution in [0.15, 0.2) is 36.7 Å². The zero-order chi connectivity index (χ0) is 29.5. The largest absolute Gasteiger partial charge is 0.479 e. The van der Waals surface area contributed by atoms with E-state index in [-0.39, 0.29) is 5.41 Å². The number of piperidine rings is 1. The third kappa shape index (κ3) is 6.22. The second-order valence-corrected chi connectivity index (χ2v) is 13.2. The summed E-state index contributed by atoms with van der Waals surface area (Å²) in [6.07, 6.45) is 5.39. The van der Waals surface area contributed by atoms with Gasteiger partial charge in [-0.05, 0) is 82.1 Å². The van der Waals surface area contributed by atoms with E-state index in [1.54, 1.807) is 12.4 Å². The van der Waals surface area contributed by atoms with Gasteiger partial charge in [0.2, 0.25) is 5.95 Å². The van der Waals surface area contributed by atoms with Crippen LogP contribution in [0.25, 0.3) is 11.1 Å². The van der Waals surface area contributed by atoms with E-state index in [9.17, 15) is 9.90 Å². The Morgan fingerprint density at radius 1 is 1.00 bits per heavy atom. The molecule has 218 valence electrons. The number of aliphatic carboxylic acids is 1. The first-order valence-corrected chi connectivity index (χ1v) is 14.6. The van der Waals surface area contributed by atoms with Crippen LogP contribution in [-0.4, -0.2) is 51.3 Å². The summed E-state index contributed by atoms with van der Waals surface area (Å²) in [6.45, 7) is 17.6. The van der Waals surface area contributed by atoms with Crippen LogP contribution in [0.5, 0.6) is 0 Å². The molecule has 0 saturated carbocycles. The van der Waals surface area contributed by atoms with Gasteiger partial charge in [0.1, 0.15) is 0 Å². The molecular formula is C33H43N5O3. The van der Waals surface area contributed by atoms with Gasteiger partial charge < -0.3 is 19.6 Å². The molecule has 2 aliphatic heterocycles. The number of carbonyl (C=O) groups is 1. The lowest BCUT2D eigenvalue weighted by Gasteiger charge is -2.41. The van der Waals surface area contributed by atoms with Gasteiger partial charge in [-0.1, -0.05) is 32.0 Å². The number of carboxylic acid groups (broad SMARTS) is 1. The maximum absolute atomic E-state index is 12.8. The Kier molecular flexibility index (Phi) is 7.81. The van der Waals surface area contributed by atoms with Crippen LogP contribution < -0.4 is 9.80 Å². The first kappa shape index (κ1) is 29.0. The first-order valence-electron chi connectivity index (χ1n) is 14.6. The summed E-state index contributed by atoms with van der Waals surface area (Å²) < 4.78 is 6.23. The fourth-order valence-electron chi connectivity index (χ4n) is 6.09. The van der Waals surface area contributed by atoms with Crippen molar-refractivity contribution in [1.29, 1.82) is 0 Å². The zero-order valence-electron chi connectivity index (χ0n) is 25.5. The molecule has 2 aromatic heterocycles. The minimum absolute atomic E-state index is 0.252. The molecule has 1 N–H and O–H groups in total. The lowest BCUT2D eigenvalue weighted by Crippen LogP contribution is -2.39. The average Bonchev–Trinajstić information content (AvgIpc) is 2.91. The van der Waals surface area contributed by atoms with E-state index < -0.39 is 17.7 Å². The number of hydrogen-bond donors (Lipinski definition) is 1. The average molecular weight is 558 g/mol. The second kappa shape index (κ2) is 11.0. The Labute approximate surface area is 243 Å². The van der Waals surface area contributed by atoms with Gasteiger partial charge in [-0.25, -0.2) is 14.8 Å². The molecule has 8 heteroatoms. The minimum atomic E-state index is -1.12. The Balaban J connectivity index is 1.63. The highest BCUT2D eigenvalue weighted by atomic mass is 16.5. The van der Waals surface area contributed by atoms with Gasteiger partial charge in [0.05, 0.1) is 11.3 Å². The number of anilines is 2. The van der Waals surface area contributed by atoms with Crippen molar-refractivity contribution in [3.05, 3.63) is 64.7 Å². The minimum Gasteiger partial charge on any atom is -0.479 e. The summed E-state index contributed by atoms with van der Waals surface area (Å²) in [5.74, 6) is -0.244. The highest BCUT2D eigenvalue weighted by Crippen LogP contribution is 2.45. The van der Waals surface area contributed by atoms with Gasteiger partial charge in [-0.3, -0.25) is 4.98 Å². The van der Waals surface area contributed by atoms with Gasteiger partial charge in [-0.15, -0.1) is 0 Å². The van der Waals surface area contributed by atoms with Crippen molar-refractivity contribution in [3.63, 3.8) is 0 Å². The van der Waals surface area contributed by atoms with Crippen LogP contribution in [-0.2, 0) is 22.5 Å². The van der Waals surface area contributed by atoms with Gasteiger partial charge >= 0.3 is 5.97 Å². The Morgan fingerprint density at radius 2 is 1.68 bits per heavy atom. The summed E-state index contributed by atoms with van der Waals surface area (Å²) in [5.41, 5.74) is 7.47. The normalized spacial score (nSPS) is 17.7. The van der Waals surface area contributed by atoms with E-state index in [2.05, 4.69) is 51.8 Å². The van der Waals surface area contributed by atoms with Crippen molar-refractivity contribution in [2.45, 2.75) is 86.0 Å². The number of aryl methyl sites for hydroxylation is 2. The van der Waals surface area contributed by atoms with Crippen molar-refractivity contribution in [2.24, 2.45) is 5.41 Å². The Hall–Kier alpha value is -3.52. The van der Waals surface area contributed by atoms with E-state index in [1.165, 1.54) is 11.1 Å². The van der Waals surface area contributed by atoms with E-state index in [4.69, 9.17) is 9.72 Å². The molecule has 1 fully saturated rings. The molecule has 8 nitrogen and oxygen atoms in total. The monoisotopic (exact) mass is 557 g/mol. The maximum Gasteiger partial charge on any atom is 0.337 e. The van der Waals surface area contributed by atoms with Crippen molar-refractivity contribution < 1.29 is 14.6 Å². The lowest BCUT2D eigenvalue weighted by molar-refractivity contribution is -0.160. The quantitative estimate of drug-likeness (QED) is 0.378. The van der Waals surface area contributed by atoms with Gasteiger partial charge in [0, 0.05) is 61.1 Å². The fraction of sp³-hybridized carbons (Fsp3) is 0.515. The number of benzene rings is 1. The predicted molar refractivity (Wildman–Crippen MR) is 162 cm³/mol. The molecule has 3 aromatic rings. The van der Waals surface area contributed by atoms with E-state index in [1.807, 2.05) is 40.7 Å². The number of pyridine rings is 1. The Bertz CT molecular complexity index is 1420. The molecule has 0 unspecified atom stereocenters. The molecule has 2 aliphatic rings. The number of nitrogens with zero attached hydrogens (tertiary/aromatic N) is 5. The SMILES string of the molecule is Cc1nc(C)c([C@H](OC(C)(C)C)C(=O)O)c(N2CCC(C)(C)CC2)c1-c1ccc2c(c1)CCN(c1ncccn1)C2. The van der Waals surface area contributed by atoms with Crippen LogP contribution in [0, 0.1) is 19.3 Å². The lowest BCUT2D eigenvalue weighted by atomic mass is 9.81. The maximum atomic E-state index is 12.8. The summed E-state index contributed by atoms with van der Waals surface area (Å²) in [4.78, 5) is 31.2. The zero-order valence-corrected chi connectivity index (χ0v) is 25.5. The molecular weight excluding hydrogens is 514 g/mol. The van der Waals surface area contributed by atoms with E-state index in [0.29, 0.717) is 11.3 Å². The van der Waals surface area contributed by atoms with Crippen molar-refractivity contribution in [2.75, 3.05) is 29.4 Å². The molecule has 1 aromatic carbocycles. The number of fused-ring (bicyclic) bond motifs is 1. The molecule has 0 amide bonds. The first-order chi connectivity index (χ1) is 19.3. The summed E-state index contributed by atoms with van der Waals surface area (Å²) in [6, 6.07) is 8.47. The molecule has 0 aliphatic carbocycles. The number of rotatable bonds is 6. The molecule has 0 bridgehead atoms. The fourth-order valence-corrected chi connectivity index (χ4v) is 6.09. The van der Waals surface area contributed by atoms with Crippen molar-refractivity contribution in [1.82, 2.24) is 15.0 Å². The smallest absolute Gasteiger partial charge is 0.337 e. The van der Waals surface area contributed by atoms with Gasteiger partial charge in [0.15, 0.2) is 6.10 Å². The van der Waals surface area contributed by atoms with Crippen molar-refractivity contribution >= 4 is 17.6 Å². The van der Waals surface area contributed by atoms with E-state index in [0.717, 1.165) is 73.9 Å². The molecule has 41 heavy (non-hydrogen) atoms. The molecule has 0 radical (unpaired) electrons. The summed E-state index contributed by atoms with van der Waals surface area (Å²) >= 11 is 0. The molecule has 1 saturated heterocycles. The topological polar surface area (TPSA) is 91.7 Å². The third-order valence-corrected chi connectivity index (χ3v) is 8.31. The standard InChI is InChI=1S/C33H43N5O3/c1-21-26(24-9-10-25-20-38(16-11-23(25)19-24)31-34-14-8-15-35-31)28(37-17-12-33(6,7)13-18-37)27(22(2)36-21)29(30(39)40)41-32(3,4)5/h8-10,14-15,19,29H,11-13,16-18,20H2,1-7H3,(H,39,40)/t29-/m0/s1. The van der Waals surface area contributed by atoms with E-state index >= 15 is 0 Å². The van der Waals surface area contributed by atoms with Gasteiger partial charge in [-0.2, -0.15) is 0 Å². The Morgan fingerprint density at radius 3 is 2.32 bits per heavy atom. The van der Waals surface area contributed by atoms with Crippen LogP contribution in [0.3, 0.4) is 0 Å².